The van der Waals surface area contributed by atoms with Gasteiger partial charge in [-0.25, -0.2) is 19.2 Å². The number of hydrogen-bond donors (Lipinski definition) is 2. The molecule has 28 nitrogen and oxygen atoms in total. The third-order valence-corrected chi connectivity index (χ3v) is 31.0. The molecule has 12 unspecified atom stereocenters. The van der Waals surface area contributed by atoms with Crippen LogP contribution in [0.3, 0.4) is 0 Å². The van der Waals surface area contributed by atoms with Crippen LogP contribution in [0.4, 0.5) is 0 Å². The molecule has 0 aromatic heterocycles. The van der Waals surface area contributed by atoms with Gasteiger partial charge in [0.2, 0.25) is 0 Å². The van der Waals surface area contributed by atoms with Gasteiger partial charge >= 0.3 is 59.7 Å². The molecule has 9 rings (SSSR count). The standard InChI is InChI=1S/C112H182N2O26/c1-7-13-15-17-19-21-35-69-129-98-61-49-85(75-100(98)139-111(123)94-77-92(135-107(119)81-41-51-88(52-42-81)125-65-31-23-27-37-71-131-102(115)9-3)59-63-96(94)137-109(121)83-45-55-90(56-46-83)127-67-33-25-29-39-73-133-104(117)11-5)87-79-113-106(114-80-87)86-50-62-99(130-70-36-22-20-18-16-14-8-2)101(76-86)140-112(124)95-78-93(136-108(120)82-43-53-89(54-44-82)126-66-32-24-28-38-72-132-103(116)10-4)60-64-97(95)138-110(122)84-47-57-91(58-48-84)128-68-34-26-30-40-74-134-105(118)12-6/h9-12,81-101,106,113-114H,3-8,13-80H2,1-2H3. The number of ether oxygens (including phenoxy) is 16. The zero-order chi connectivity index (χ0) is 99.5. The molecule has 796 valence electrons. The Bertz CT molecular complexity index is 3330. The van der Waals surface area contributed by atoms with Crippen LogP contribution < -0.4 is 10.6 Å². The van der Waals surface area contributed by atoms with Gasteiger partial charge in [-0.2, -0.15) is 0 Å². The fourth-order valence-electron chi connectivity index (χ4n) is 22.3. The highest BCUT2D eigenvalue weighted by molar-refractivity contribution is 5.83. The van der Waals surface area contributed by atoms with E-state index in [1.54, 1.807) is 0 Å². The number of esters is 10. The largest absolute Gasteiger partial charge is 0.463 e. The first-order chi connectivity index (χ1) is 68.3. The maximum absolute atomic E-state index is 15.5. The average molecular weight is 1970 g/mol. The third-order valence-electron chi connectivity index (χ3n) is 31.0. The van der Waals surface area contributed by atoms with E-state index in [0.29, 0.717) is 208 Å². The van der Waals surface area contributed by atoms with E-state index in [1.807, 2.05) is 0 Å². The van der Waals surface area contributed by atoms with E-state index in [9.17, 15) is 38.4 Å². The number of hydrogen-bond acceptors (Lipinski definition) is 28. The molecule has 0 radical (unpaired) electrons. The predicted molar refractivity (Wildman–Crippen MR) is 533 cm³/mol. The molecular weight excluding hydrogens is 1790 g/mol. The molecule has 0 aromatic carbocycles. The minimum atomic E-state index is -0.898. The van der Waals surface area contributed by atoms with Gasteiger partial charge in [0, 0.05) is 89.9 Å². The molecule has 0 amide bonds. The first-order valence-corrected chi connectivity index (χ1v) is 55.9. The molecule has 9 fully saturated rings. The zero-order valence-electron chi connectivity index (χ0n) is 86.0. The summed E-state index contributed by atoms with van der Waals surface area (Å²) in [6, 6.07) is 0. The molecule has 2 N–H and O–H groups in total. The highest BCUT2D eigenvalue weighted by Gasteiger charge is 2.49. The topological polar surface area (TPSA) is 342 Å². The number of rotatable bonds is 68. The van der Waals surface area contributed by atoms with Crippen molar-refractivity contribution in [3.05, 3.63) is 50.6 Å². The Morgan fingerprint density at radius 2 is 0.471 bits per heavy atom. The molecular formula is C112H182N2O26. The molecule has 1 heterocycles. The monoisotopic (exact) mass is 1970 g/mol. The van der Waals surface area contributed by atoms with Crippen molar-refractivity contribution in [2.75, 3.05) is 79.2 Å². The van der Waals surface area contributed by atoms with Crippen molar-refractivity contribution in [2.24, 2.45) is 53.3 Å². The fraction of sp³-hybridized carbons (Fsp3) is 0.839. The lowest BCUT2D eigenvalue weighted by atomic mass is 9.75. The van der Waals surface area contributed by atoms with Gasteiger partial charge in [-0.15, -0.1) is 0 Å². The van der Waals surface area contributed by atoms with Gasteiger partial charge in [0.25, 0.3) is 0 Å². The van der Waals surface area contributed by atoms with Gasteiger partial charge in [-0.1, -0.05) is 143 Å². The van der Waals surface area contributed by atoms with Gasteiger partial charge in [0.05, 0.1) is 105 Å². The molecule has 1 aliphatic heterocycles. The smallest absolute Gasteiger partial charge is 0.330 e. The van der Waals surface area contributed by atoms with E-state index in [4.69, 9.17) is 75.8 Å². The van der Waals surface area contributed by atoms with Gasteiger partial charge in [-0.3, -0.25) is 28.8 Å². The lowest BCUT2D eigenvalue weighted by Gasteiger charge is -2.45. The minimum absolute atomic E-state index is 0.0259. The van der Waals surface area contributed by atoms with E-state index >= 15 is 9.59 Å². The van der Waals surface area contributed by atoms with Crippen molar-refractivity contribution >= 4 is 59.7 Å². The molecule has 0 aromatic rings. The lowest BCUT2D eigenvalue weighted by molar-refractivity contribution is -0.187. The second-order valence-electron chi connectivity index (χ2n) is 41.6. The summed E-state index contributed by atoms with van der Waals surface area (Å²) in [5.41, 5.74) is 0. The van der Waals surface area contributed by atoms with E-state index < -0.39 is 84.3 Å². The van der Waals surface area contributed by atoms with Crippen LogP contribution in [0.5, 0.6) is 0 Å². The van der Waals surface area contributed by atoms with Gasteiger partial charge in [0.15, 0.2) is 0 Å². The van der Waals surface area contributed by atoms with Crippen molar-refractivity contribution in [2.45, 2.75) is 466 Å². The van der Waals surface area contributed by atoms with E-state index in [0.717, 1.165) is 180 Å². The van der Waals surface area contributed by atoms with E-state index in [1.165, 1.54) is 75.7 Å². The first-order valence-electron chi connectivity index (χ1n) is 55.9. The van der Waals surface area contributed by atoms with Crippen molar-refractivity contribution in [1.29, 1.82) is 0 Å². The maximum atomic E-state index is 15.5. The van der Waals surface area contributed by atoms with E-state index in [-0.39, 0.29) is 121 Å². The van der Waals surface area contributed by atoms with Gasteiger partial charge < -0.3 is 86.4 Å². The Hall–Kier alpha value is -6.66. The van der Waals surface area contributed by atoms with Crippen molar-refractivity contribution in [1.82, 2.24) is 10.6 Å². The molecule has 8 aliphatic carbocycles. The third kappa shape index (κ3) is 44.7. The van der Waals surface area contributed by atoms with Crippen LogP contribution in [-0.2, 0) is 124 Å². The molecule has 8 saturated carbocycles. The molecule has 1 saturated heterocycles. The number of carbonyl (C=O) groups excluding carboxylic acids is 10. The summed E-state index contributed by atoms with van der Waals surface area (Å²) in [7, 11) is 0. The van der Waals surface area contributed by atoms with Crippen LogP contribution in [0, 0.1) is 53.3 Å². The molecule has 0 bridgehead atoms. The van der Waals surface area contributed by atoms with Gasteiger partial charge in [-0.05, 0) is 275 Å². The molecule has 9 aliphatic rings. The summed E-state index contributed by atoms with van der Waals surface area (Å²) < 4.78 is 99.1. The Kier molecular flexibility index (Phi) is 58.0. The number of carbonyl (C=O) groups is 10. The maximum Gasteiger partial charge on any atom is 0.330 e. The highest BCUT2D eigenvalue weighted by Crippen LogP contribution is 2.43. The summed E-state index contributed by atoms with van der Waals surface area (Å²) in [6.07, 6.45) is 46.5. The second-order valence-corrected chi connectivity index (χ2v) is 41.6. The van der Waals surface area contributed by atoms with Crippen LogP contribution in [0.1, 0.15) is 386 Å². The van der Waals surface area contributed by atoms with Crippen LogP contribution in [0.2, 0.25) is 0 Å². The molecule has 0 spiro atoms. The second kappa shape index (κ2) is 69.4. The Morgan fingerprint density at radius 3 is 0.771 bits per heavy atom. The van der Waals surface area contributed by atoms with Crippen molar-refractivity contribution < 1.29 is 124 Å². The quantitative estimate of drug-likeness (QED) is 0.0247. The van der Waals surface area contributed by atoms with Crippen LogP contribution in [0.25, 0.3) is 0 Å². The normalized spacial score (nSPS) is 28.7. The van der Waals surface area contributed by atoms with Crippen molar-refractivity contribution in [3.8, 4) is 0 Å². The fourth-order valence-corrected chi connectivity index (χ4v) is 22.3. The van der Waals surface area contributed by atoms with Crippen LogP contribution in [-0.4, -0.2) is 218 Å². The summed E-state index contributed by atoms with van der Waals surface area (Å²) in [5.74, 6) is -6.58. The molecule has 140 heavy (non-hydrogen) atoms. The Labute approximate surface area is 838 Å². The first kappa shape index (κ1) is 117. The predicted octanol–water partition coefficient (Wildman–Crippen LogP) is 20.5. The molecule has 12 atom stereocenters. The summed E-state index contributed by atoms with van der Waals surface area (Å²) in [6.45, 7) is 24.7. The minimum Gasteiger partial charge on any atom is -0.463 e. The van der Waals surface area contributed by atoms with E-state index in [2.05, 4.69) is 50.8 Å². The van der Waals surface area contributed by atoms with Gasteiger partial charge in [0.1, 0.15) is 36.6 Å². The highest BCUT2D eigenvalue weighted by atomic mass is 16.6. The Balaban J connectivity index is 0.845. The zero-order valence-corrected chi connectivity index (χ0v) is 86.0. The summed E-state index contributed by atoms with van der Waals surface area (Å²) in [5, 5.41) is 7.90. The number of nitrogens with one attached hydrogen (secondary N) is 2. The van der Waals surface area contributed by atoms with Crippen LogP contribution >= 0.6 is 0 Å². The lowest BCUT2D eigenvalue weighted by Crippen LogP contribution is -2.60. The Morgan fingerprint density at radius 1 is 0.229 bits per heavy atom. The van der Waals surface area contributed by atoms with Crippen molar-refractivity contribution in [3.63, 3.8) is 0 Å². The van der Waals surface area contributed by atoms with Crippen LogP contribution in [0.15, 0.2) is 50.6 Å². The summed E-state index contributed by atoms with van der Waals surface area (Å²) >= 11 is 0. The average Bonchev–Trinajstić information content (AvgIpc) is 0.801. The number of unbranched alkanes of at least 4 members (excludes halogenated alkanes) is 24. The summed E-state index contributed by atoms with van der Waals surface area (Å²) in [4.78, 5) is 134. The SMILES string of the molecule is C=CC(=O)OCCCCCCOC1CCC(C(=O)OC2CCC(OC(=O)C3CCC(OCCCCCCOC(=O)C=C)CC3)C(C(=O)OC3CC(C4CNC(C5CCC(OCCCCCCCCC)C(OC(=O)C6CC(OC(=O)C7CCC(OCCCCCCOC(=O)C=C)CC7)CCC6OC(=O)C6CCC(OCCCCCCOC(=O)C=C)CC6)C5)NC4)CCC3OCCCCCCCCC)C2)CC1. The molecule has 28 heteroatoms.